The van der Waals surface area contributed by atoms with Crippen molar-refractivity contribution >= 4 is 23.3 Å². The van der Waals surface area contributed by atoms with Gasteiger partial charge in [0.05, 0.1) is 35.9 Å². The summed E-state index contributed by atoms with van der Waals surface area (Å²) in [5.74, 6) is -1.36. The third kappa shape index (κ3) is 8.51. The second kappa shape index (κ2) is 12.0. The Morgan fingerprint density at radius 3 is 1.31 bits per heavy atom. The molecular formula is C32H46N6O4. The van der Waals surface area contributed by atoms with Crippen molar-refractivity contribution in [3.63, 3.8) is 0 Å². The molecule has 0 radical (unpaired) electrons. The Hall–Kier alpha value is -3.50. The van der Waals surface area contributed by atoms with Gasteiger partial charge in [-0.2, -0.15) is 0 Å². The SMILES string of the molecule is CC1(C)CC(N(OC(=O)/C=C/C(=O)ON(c2cccnc2)C2CC(C)(C)NC(C)(C)C2)c2cccnc2)CC(C)(C)N1. The first-order valence-corrected chi connectivity index (χ1v) is 14.6. The molecule has 10 nitrogen and oxygen atoms in total. The molecule has 0 atom stereocenters. The van der Waals surface area contributed by atoms with Gasteiger partial charge in [0, 0.05) is 46.7 Å². The van der Waals surface area contributed by atoms with Gasteiger partial charge in [-0.1, -0.05) is 0 Å². The first-order valence-electron chi connectivity index (χ1n) is 14.6. The topological polar surface area (TPSA) is 109 Å². The van der Waals surface area contributed by atoms with E-state index < -0.39 is 11.9 Å². The first-order chi connectivity index (χ1) is 19.5. The van der Waals surface area contributed by atoms with Gasteiger partial charge in [-0.25, -0.2) is 19.7 Å². The molecule has 4 rings (SSSR count). The van der Waals surface area contributed by atoms with Crippen LogP contribution in [0.5, 0.6) is 0 Å². The smallest absolute Gasteiger partial charge is 0.336 e. The monoisotopic (exact) mass is 578 g/mol. The van der Waals surface area contributed by atoms with Crippen molar-refractivity contribution in [2.75, 3.05) is 10.1 Å². The van der Waals surface area contributed by atoms with E-state index in [9.17, 15) is 9.59 Å². The highest BCUT2D eigenvalue weighted by molar-refractivity contribution is 5.92. The van der Waals surface area contributed by atoms with Gasteiger partial charge in [-0.15, -0.1) is 0 Å². The fraction of sp³-hybridized carbons (Fsp3) is 0.562. The molecule has 0 aliphatic carbocycles. The maximum atomic E-state index is 13.1. The van der Waals surface area contributed by atoms with Crippen LogP contribution in [-0.4, -0.2) is 56.1 Å². The number of carbonyl (C=O) groups excluding carboxylic acids is 2. The molecule has 2 N–H and O–H groups in total. The number of carbonyl (C=O) groups is 2. The first kappa shape index (κ1) is 31.4. The third-order valence-electron chi connectivity index (χ3n) is 7.53. The van der Waals surface area contributed by atoms with Crippen molar-refractivity contribution in [2.45, 2.75) is 115 Å². The van der Waals surface area contributed by atoms with E-state index in [2.05, 4.69) is 76.0 Å². The van der Waals surface area contributed by atoms with E-state index >= 15 is 0 Å². The van der Waals surface area contributed by atoms with Crippen LogP contribution in [0.15, 0.2) is 61.2 Å². The molecule has 42 heavy (non-hydrogen) atoms. The predicted octanol–water partition coefficient (Wildman–Crippen LogP) is 4.88. The molecule has 0 amide bonds. The maximum Gasteiger partial charge on any atom is 0.356 e. The molecule has 0 saturated carbocycles. The van der Waals surface area contributed by atoms with Crippen molar-refractivity contribution in [3.8, 4) is 0 Å². The Kier molecular flexibility index (Phi) is 8.99. The molecule has 10 heteroatoms. The molecule has 4 heterocycles. The fourth-order valence-electron chi connectivity index (χ4n) is 6.90. The van der Waals surface area contributed by atoms with E-state index in [0.29, 0.717) is 11.4 Å². The van der Waals surface area contributed by atoms with Crippen molar-refractivity contribution in [3.05, 3.63) is 61.2 Å². The number of pyridine rings is 2. The van der Waals surface area contributed by atoms with Gasteiger partial charge in [-0.05, 0) is 105 Å². The molecule has 2 aliphatic rings. The highest BCUT2D eigenvalue weighted by atomic mass is 16.7. The zero-order valence-corrected chi connectivity index (χ0v) is 26.2. The minimum absolute atomic E-state index is 0.0996. The normalized spacial score (nSPS) is 21.4. The summed E-state index contributed by atoms with van der Waals surface area (Å²) in [6.07, 6.45) is 11.9. The highest BCUT2D eigenvalue weighted by Gasteiger charge is 2.43. The van der Waals surface area contributed by atoms with Gasteiger partial charge in [0.1, 0.15) is 0 Å². The van der Waals surface area contributed by atoms with Crippen LogP contribution >= 0.6 is 0 Å². The Labute approximate surface area is 249 Å². The number of hydrogen-bond acceptors (Lipinski definition) is 10. The molecule has 2 aromatic heterocycles. The molecule has 0 bridgehead atoms. The predicted molar refractivity (Wildman–Crippen MR) is 163 cm³/mol. The minimum Gasteiger partial charge on any atom is -0.336 e. The Balaban J connectivity index is 1.50. The van der Waals surface area contributed by atoms with E-state index in [-0.39, 0.29) is 34.2 Å². The van der Waals surface area contributed by atoms with Crippen LogP contribution in [0, 0.1) is 0 Å². The number of rotatable bonds is 8. The van der Waals surface area contributed by atoms with Crippen LogP contribution in [0.25, 0.3) is 0 Å². The lowest BCUT2D eigenvalue weighted by Crippen LogP contribution is -2.62. The standard InChI is InChI=1S/C32H46N6O4/c1-29(2)17-25(18-30(3,4)35-29)37(23-11-9-15-33-21-23)41-27(39)13-14-28(40)42-38(24-12-10-16-34-22-24)26-19-31(5,6)36-32(7,8)20-26/h9-16,21-22,25-26,35-36H,17-20H2,1-8H3/b14-13+. The molecule has 2 fully saturated rings. The molecular weight excluding hydrogens is 532 g/mol. The second-order valence-corrected chi connectivity index (χ2v) is 14.1. The van der Waals surface area contributed by atoms with Gasteiger partial charge in [0.25, 0.3) is 0 Å². The van der Waals surface area contributed by atoms with Crippen LogP contribution in [-0.2, 0) is 19.3 Å². The number of hydroxylamine groups is 2. The maximum absolute atomic E-state index is 13.1. The quantitative estimate of drug-likeness (QED) is 0.332. The zero-order valence-electron chi connectivity index (χ0n) is 26.2. The van der Waals surface area contributed by atoms with E-state index in [1.807, 2.05) is 12.1 Å². The average Bonchev–Trinajstić information content (AvgIpc) is 2.86. The van der Waals surface area contributed by atoms with Crippen molar-refractivity contribution < 1.29 is 19.3 Å². The molecule has 0 unspecified atom stereocenters. The zero-order chi connectivity index (χ0) is 30.8. The summed E-state index contributed by atoms with van der Waals surface area (Å²) in [4.78, 5) is 46.4. The summed E-state index contributed by atoms with van der Waals surface area (Å²) < 4.78 is 0. The number of nitrogens with zero attached hydrogens (tertiary/aromatic N) is 4. The number of aromatic nitrogens is 2. The van der Waals surface area contributed by atoms with Crippen LogP contribution in [0.3, 0.4) is 0 Å². The summed E-state index contributed by atoms with van der Waals surface area (Å²) in [6, 6.07) is 7.12. The van der Waals surface area contributed by atoms with Crippen LogP contribution in [0.4, 0.5) is 11.4 Å². The van der Waals surface area contributed by atoms with Gasteiger partial charge in [-0.3, -0.25) is 9.97 Å². The molecule has 2 aliphatic heterocycles. The summed E-state index contributed by atoms with van der Waals surface area (Å²) in [6.45, 7) is 17.1. The van der Waals surface area contributed by atoms with Crippen LogP contribution in [0.1, 0.15) is 81.1 Å². The lowest BCUT2D eigenvalue weighted by molar-refractivity contribution is -0.143. The summed E-state index contributed by atoms with van der Waals surface area (Å²) in [7, 11) is 0. The van der Waals surface area contributed by atoms with Gasteiger partial charge < -0.3 is 20.3 Å². The molecule has 0 aromatic carbocycles. The Bertz CT molecular complexity index is 1130. The van der Waals surface area contributed by atoms with Crippen LogP contribution < -0.4 is 20.8 Å². The van der Waals surface area contributed by atoms with Crippen molar-refractivity contribution in [2.24, 2.45) is 0 Å². The number of anilines is 2. The van der Waals surface area contributed by atoms with E-state index in [1.165, 1.54) is 0 Å². The summed E-state index contributed by atoms with van der Waals surface area (Å²) in [5, 5.41) is 10.6. The molecule has 2 aromatic rings. The largest absolute Gasteiger partial charge is 0.356 e. The fourth-order valence-corrected chi connectivity index (χ4v) is 6.90. The lowest BCUT2D eigenvalue weighted by Gasteiger charge is -2.49. The summed E-state index contributed by atoms with van der Waals surface area (Å²) in [5.41, 5.74) is 0.635. The van der Waals surface area contributed by atoms with Gasteiger partial charge >= 0.3 is 11.9 Å². The lowest BCUT2D eigenvalue weighted by atomic mass is 9.79. The molecule has 0 spiro atoms. The van der Waals surface area contributed by atoms with E-state index in [4.69, 9.17) is 9.68 Å². The molecule has 2 saturated heterocycles. The average molecular weight is 579 g/mol. The number of piperidine rings is 2. The second-order valence-electron chi connectivity index (χ2n) is 14.1. The Morgan fingerprint density at radius 2 is 1.02 bits per heavy atom. The summed E-state index contributed by atoms with van der Waals surface area (Å²) >= 11 is 0. The van der Waals surface area contributed by atoms with Crippen molar-refractivity contribution in [1.82, 2.24) is 20.6 Å². The number of hydrogen-bond donors (Lipinski definition) is 2. The highest BCUT2D eigenvalue weighted by Crippen LogP contribution is 2.35. The van der Waals surface area contributed by atoms with Gasteiger partial charge in [0.2, 0.25) is 0 Å². The molecule has 228 valence electrons. The van der Waals surface area contributed by atoms with E-state index in [1.54, 1.807) is 47.0 Å². The minimum atomic E-state index is -0.679. The van der Waals surface area contributed by atoms with E-state index in [0.717, 1.165) is 37.8 Å². The number of nitrogens with one attached hydrogen (secondary N) is 2. The van der Waals surface area contributed by atoms with Crippen LogP contribution in [0.2, 0.25) is 0 Å². The third-order valence-corrected chi connectivity index (χ3v) is 7.53. The Morgan fingerprint density at radius 1 is 0.690 bits per heavy atom. The van der Waals surface area contributed by atoms with Gasteiger partial charge in [0.15, 0.2) is 0 Å². The van der Waals surface area contributed by atoms with Crippen molar-refractivity contribution in [1.29, 1.82) is 0 Å².